The lowest BCUT2D eigenvalue weighted by Crippen LogP contribution is -2.25. The number of hydrogen-bond donors (Lipinski definition) is 1. The Morgan fingerprint density at radius 1 is 1.46 bits per heavy atom. The van der Waals surface area contributed by atoms with Crippen LogP contribution in [-0.4, -0.2) is 22.3 Å². The third-order valence-corrected chi connectivity index (χ3v) is 2.55. The SMILES string of the molecule is NCC1(C(=O)c2cncnc2)CC1. The predicted octanol–water partition coefficient (Wildman–Crippen LogP) is 0.398. The molecule has 1 saturated carbocycles. The first kappa shape index (κ1) is 8.31. The molecule has 1 aromatic rings. The summed E-state index contributed by atoms with van der Waals surface area (Å²) in [5, 5.41) is 0. The van der Waals surface area contributed by atoms with Crippen LogP contribution in [0.3, 0.4) is 0 Å². The summed E-state index contributed by atoms with van der Waals surface area (Å²) in [6, 6.07) is 0. The first-order valence-electron chi connectivity index (χ1n) is 4.28. The average Bonchev–Trinajstić information content (AvgIpc) is 2.99. The molecule has 1 aliphatic rings. The van der Waals surface area contributed by atoms with Gasteiger partial charge in [-0.2, -0.15) is 0 Å². The highest BCUT2D eigenvalue weighted by atomic mass is 16.1. The number of carbonyl (C=O) groups excluding carboxylic acids is 1. The first-order chi connectivity index (χ1) is 6.28. The van der Waals surface area contributed by atoms with E-state index in [2.05, 4.69) is 9.97 Å². The monoisotopic (exact) mass is 177 g/mol. The van der Waals surface area contributed by atoms with Gasteiger partial charge in [-0.25, -0.2) is 9.97 Å². The zero-order chi connectivity index (χ0) is 9.31. The Bertz CT molecular complexity index is 319. The van der Waals surface area contributed by atoms with E-state index in [9.17, 15) is 4.79 Å². The minimum absolute atomic E-state index is 0.0931. The van der Waals surface area contributed by atoms with Gasteiger partial charge in [-0.15, -0.1) is 0 Å². The topological polar surface area (TPSA) is 68.9 Å². The molecule has 0 saturated heterocycles. The van der Waals surface area contributed by atoms with Crippen LogP contribution in [0.5, 0.6) is 0 Å². The van der Waals surface area contributed by atoms with E-state index in [1.165, 1.54) is 6.33 Å². The molecule has 1 heterocycles. The normalized spacial score (nSPS) is 18.2. The molecule has 1 fully saturated rings. The number of hydrogen-bond acceptors (Lipinski definition) is 4. The minimum atomic E-state index is -0.287. The van der Waals surface area contributed by atoms with Crippen molar-refractivity contribution in [2.75, 3.05) is 6.54 Å². The molecule has 1 aliphatic carbocycles. The van der Waals surface area contributed by atoms with E-state index >= 15 is 0 Å². The van der Waals surface area contributed by atoms with Gasteiger partial charge >= 0.3 is 0 Å². The number of nitrogens with two attached hydrogens (primary N) is 1. The number of ketones is 1. The van der Waals surface area contributed by atoms with Gasteiger partial charge in [-0.05, 0) is 12.8 Å². The third kappa shape index (κ3) is 1.33. The van der Waals surface area contributed by atoms with Crippen molar-refractivity contribution in [2.24, 2.45) is 11.1 Å². The Kier molecular flexibility index (Phi) is 1.84. The van der Waals surface area contributed by atoms with E-state index in [-0.39, 0.29) is 11.2 Å². The van der Waals surface area contributed by atoms with Crippen molar-refractivity contribution in [1.82, 2.24) is 9.97 Å². The molecular weight excluding hydrogens is 166 g/mol. The predicted molar refractivity (Wildman–Crippen MR) is 47.1 cm³/mol. The summed E-state index contributed by atoms with van der Waals surface area (Å²) >= 11 is 0. The largest absolute Gasteiger partial charge is 0.329 e. The molecule has 0 unspecified atom stereocenters. The van der Waals surface area contributed by atoms with E-state index in [1.54, 1.807) is 12.4 Å². The van der Waals surface area contributed by atoms with Crippen molar-refractivity contribution in [3.05, 3.63) is 24.3 Å². The van der Waals surface area contributed by atoms with Crippen LogP contribution in [0.4, 0.5) is 0 Å². The van der Waals surface area contributed by atoms with E-state index in [0.717, 1.165) is 12.8 Å². The highest BCUT2D eigenvalue weighted by Crippen LogP contribution is 2.46. The van der Waals surface area contributed by atoms with Crippen LogP contribution < -0.4 is 5.73 Å². The summed E-state index contributed by atoms with van der Waals surface area (Å²) < 4.78 is 0. The van der Waals surface area contributed by atoms with Crippen LogP contribution >= 0.6 is 0 Å². The van der Waals surface area contributed by atoms with Gasteiger partial charge in [-0.3, -0.25) is 4.79 Å². The summed E-state index contributed by atoms with van der Waals surface area (Å²) in [6.07, 6.45) is 6.31. The molecule has 0 atom stereocenters. The number of carbonyl (C=O) groups is 1. The molecule has 13 heavy (non-hydrogen) atoms. The van der Waals surface area contributed by atoms with Gasteiger partial charge in [0.2, 0.25) is 0 Å². The van der Waals surface area contributed by atoms with E-state index < -0.39 is 0 Å². The number of aromatic nitrogens is 2. The molecule has 2 N–H and O–H groups in total. The second-order valence-electron chi connectivity index (χ2n) is 3.44. The zero-order valence-electron chi connectivity index (χ0n) is 7.23. The molecule has 0 aromatic carbocycles. The maximum atomic E-state index is 11.8. The second kappa shape index (κ2) is 2.88. The minimum Gasteiger partial charge on any atom is -0.329 e. The second-order valence-corrected chi connectivity index (χ2v) is 3.44. The van der Waals surface area contributed by atoms with Gasteiger partial charge in [0.15, 0.2) is 5.78 Å². The maximum Gasteiger partial charge on any atom is 0.173 e. The van der Waals surface area contributed by atoms with Crippen LogP contribution in [0.15, 0.2) is 18.7 Å². The molecule has 0 bridgehead atoms. The molecule has 4 nitrogen and oxygen atoms in total. The molecule has 0 aliphatic heterocycles. The fourth-order valence-corrected chi connectivity index (χ4v) is 1.40. The number of Topliss-reactive ketones (excluding diaryl/α,β-unsaturated/α-hetero) is 1. The van der Waals surface area contributed by atoms with Crippen molar-refractivity contribution in [2.45, 2.75) is 12.8 Å². The number of nitrogens with zero attached hydrogens (tertiary/aromatic N) is 2. The molecule has 0 radical (unpaired) electrons. The summed E-state index contributed by atoms with van der Waals surface area (Å²) in [4.78, 5) is 19.4. The number of rotatable bonds is 3. The Morgan fingerprint density at radius 2 is 2.08 bits per heavy atom. The van der Waals surface area contributed by atoms with Gasteiger partial charge in [0.05, 0.1) is 5.56 Å². The first-order valence-corrected chi connectivity index (χ1v) is 4.28. The summed E-state index contributed by atoms with van der Waals surface area (Å²) in [7, 11) is 0. The quantitative estimate of drug-likeness (QED) is 0.678. The smallest absolute Gasteiger partial charge is 0.173 e. The molecule has 0 amide bonds. The van der Waals surface area contributed by atoms with Crippen molar-refractivity contribution in [1.29, 1.82) is 0 Å². The van der Waals surface area contributed by atoms with Crippen LogP contribution in [0, 0.1) is 5.41 Å². The lowest BCUT2D eigenvalue weighted by Gasteiger charge is -2.09. The molecule has 1 aromatic heterocycles. The highest BCUT2D eigenvalue weighted by Gasteiger charge is 2.48. The fraction of sp³-hybridized carbons (Fsp3) is 0.444. The van der Waals surface area contributed by atoms with Crippen LogP contribution in [-0.2, 0) is 0 Å². The lowest BCUT2D eigenvalue weighted by atomic mass is 9.97. The van der Waals surface area contributed by atoms with Crippen molar-refractivity contribution in [3.8, 4) is 0 Å². The van der Waals surface area contributed by atoms with E-state index in [0.29, 0.717) is 12.1 Å². The van der Waals surface area contributed by atoms with Gasteiger partial charge in [0, 0.05) is 24.4 Å². The van der Waals surface area contributed by atoms with E-state index in [1.807, 2.05) is 0 Å². The standard InChI is InChI=1S/C9H11N3O/c10-5-9(1-2-9)8(13)7-3-11-6-12-4-7/h3-4,6H,1-2,5,10H2. The van der Waals surface area contributed by atoms with Crippen LogP contribution in [0.2, 0.25) is 0 Å². The van der Waals surface area contributed by atoms with Gasteiger partial charge in [0.1, 0.15) is 6.33 Å². The summed E-state index contributed by atoms with van der Waals surface area (Å²) in [5.41, 5.74) is 5.83. The highest BCUT2D eigenvalue weighted by molar-refractivity contribution is 6.01. The van der Waals surface area contributed by atoms with E-state index in [4.69, 9.17) is 5.73 Å². The summed E-state index contributed by atoms with van der Waals surface area (Å²) in [5.74, 6) is 0.0931. The van der Waals surface area contributed by atoms with Crippen LogP contribution in [0.25, 0.3) is 0 Å². The molecule has 0 spiro atoms. The average molecular weight is 177 g/mol. The van der Waals surface area contributed by atoms with Gasteiger partial charge in [-0.1, -0.05) is 0 Å². The zero-order valence-corrected chi connectivity index (χ0v) is 7.23. The van der Waals surface area contributed by atoms with Gasteiger partial charge in [0.25, 0.3) is 0 Å². The Morgan fingerprint density at radius 3 is 2.54 bits per heavy atom. The lowest BCUT2D eigenvalue weighted by molar-refractivity contribution is 0.0905. The molecular formula is C9H11N3O. The molecule has 68 valence electrons. The Balaban J connectivity index is 2.24. The third-order valence-electron chi connectivity index (χ3n) is 2.55. The summed E-state index contributed by atoms with van der Waals surface area (Å²) in [6.45, 7) is 0.431. The van der Waals surface area contributed by atoms with Crippen LogP contribution in [0.1, 0.15) is 23.2 Å². The molecule has 4 heteroatoms. The molecule has 2 rings (SSSR count). The van der Waals surface area contributed by atoms with Crippen molar-refractivity contribution in [3.63, 3.8) is 0 Å². The Labute approximate surface area is 76.2 Å². The van der Waals surface area contributed by atoms with Gasteiger partial charge < -0.3 is 5.73 Å². The van der Waals surface area contributed by atoms with Crippen molar-refractivity contribution < 1.29 is 4.79 Å². The maximum absolute atomic E-state index is 11.8. The Hall–Kier alpha value is -1.29. The fourth-order valence-electron chi connectivity index (χ4n) is 1.40. The van der Waals surface area contributed by atoms with Crippen molar-refractivity contribution >= 4 is 5.78 Å².